The molecular weight excluding hydrogens is 348 g/mol. The van der Waals surface area contributed by atoms with E-state index in [4.69, 9.17) is 0 Å². The maximum absolute atomic E-state index is 12.9. The maximum Gasteiger partial charge on any atom is 0.261 e. The van der Waals surface area contributed by atoms with E-state index in [0.717, 1.165) is 27.9 Å². The third kappa shape index (κ3) is 3.33. The molecule has 0 bridgehead atoms. The molecule has 0 saturated carbocycles. The minimum atomic E-state index is -3.69. The van der Waals surface area contributed by atoms with Gasteiger partial charge >= 0.3 is 0 Å². The molecule has 1 heterocycles. The van der Waals surface area contributed by atoms with E-state index in [9.17, 15) is 13.2 Å². The number of nitrogens with one attached hydrogen (secondary N) is 1. The van der Waals surface area contributed by atoms with E-state index in [2.05, 4.69) is 4.72 Å². The summed E-state index contributed by atoms with van der Waals surface area (Å²) < 4.78 is 28.5. The normalized spacial score (nSPS) is 13.6. The van der Waals surface area contributed by atoms with Crippen LogP contribution in [0.15, 0.2) is 35.2 Å². The molecule has 0 aliphatic carbocycles. The highest BCUT2D eigenvalue weighted by atomic mass is 32.2. The molecule has 0 aromatic heterocycles. The van der Waals surface area contributed by atoms with Gasteiger partial charge in [0.25, 0.3) is 10.0 Å². The summed E-state index contributed by atoms with van der Waals surface area (Å²) in [6, 6.07) is 8.91. The smallest absolute Gasteiger partial charge is 0.261 e. The molecule has 0 fully saturated rings. The summed E-state index contributed by atoms with van der Waals surface area (Å²) in [5, 5.41) is 0. The van der Waals surface area contributed by atoms with Gasteiger partial charge in [-0.1, -0.05) is 24.6 Å². The lowest BCUT2D eigenvalue weighted by Gasteiger charge is -2.17. The molecule has 3 rings (SSSR count). The quantitative estimate of drug-likeness (QED) is 0.890. The van der Waals surface area contributed by atoms with E-state index in [1.165, 1.54) is 0 Å². The molecule has 1 aliphatic heterocycles. The fraction of sp³-hybridized carbons (Fsp3) is 0.350. The van der Waals surface area contributed by atoms with Crippen molar-refractivity contribution in [3.05, 3.63) is 52.6 Å². The lowest BCUT2D eigenvalue weighted by atomic mass is 10.1. The molecule has 0 unspecified atom stereocenters. The first-order valence-corrected chi connectivity index (χ1v) is 10.2. The summed E-state index contributed by atoms with van der Waals surface area (Å²) >= 11 is 0. The predicted molar refractivity (Wildman–Crippen MR) is 104 cm³/mol. The number of rotatable bonds is 4. The zero-order chi connectivity index (χ0) is 19.1. The van der Waals surface area contributed by atoms with Crippen molar-refractivity contribution < 1.29 is 13.2 Å². The van der Waals surface area contributed by atoms with Crippen LogP contribution in [-0.4, -0.2) is 20.9 Å². The first-order chi connectivity index (χ1) is 12.2. The van der Waals surface area contributed by atoms with Crippen LogP contribution in [0.25, 0.3) is 0 Å². The fourth-order valence-electron chi connectivity index (χ4n) is 3.53. The second-order valence-electron chi connectivity index (χ2n) is 6.82. The monoisotopic (exact) mass is 372 g/mol. The summed E-state index contributed by atoms with van der Waals surface area (Å²) in [6.07, 6.45) is 1.11. The van der Waals surface area contributed by atoms with Crippen molar-refractivity contribution in [2.45, 2.75) is 45.4 Å². The van der Waals surface area contributed by atoms with Crippen molar-refractivity contribution in [1.82, 2.24) is 0 Å². The van der Waals surface area contributed by atoms with Gasteiger partial charge in [0.2, 0.25) is 5.91 Å². The number of carbonyl (C=O) groups is 1. The zero-order valence-corrected chi connectivity index (χ0v) is 16.4. The van der Waals surface area contributed by atoms with Crippen molar-refractivity contribution in [3.8, 4) is 0 Å². The van der Waals surface area contributed by atoms with Crippen LogP contribution in [0.2, 0.25) is 0 Å². The number of aryl methyl sites for hydroxylation is 3. The minimum absolute atomic E-state index is 0.0587. The average molecular weight is 372 g/mol. The number of anilines is 2. The second kappa shape index (κ2) is 6.76. The Labute approximate surface area is 155 Å². The Bertz CT molecular complexity index is 958. The van der Waals surface area contributed by atoms with E-state index in [-0.39, 0.29) is 10.8 Å². The molecule has 5 nitrogen and oxygen atoms in total. The van der Waals surface area contributed by atoms with Gasteiger partial charge in [-0.05, 0) is 62.1 Å². The van der Waals surface area contributed by atoms with Gasteiger partial charge in [0.05, 0.1) is 10.6 Å². The molecule has 1 amide bonds. The number of carbonyl (C=O) groups excluding carboxylic acids is 1. The standard InChI is InChI=1S/C20H24N2O3S/c1-5-19(23)22-9-8-16-12-17(6-7-18(16)22)26(24,25)21-20-14(3)10-13(2)11-15(20)4/h6-7,10-12,21H,5,8-9H2,1-4H3. The van der Waals surface area contributed by atoms with E-state index in [1.807, 2.05) is 39.8 Å². The molecule has 1 aliphatic rings. The minimum Gasteiger partial charge on any atom is -0.312 e. The van der Waals surface area contributed by atoms with Crippen LogP contribution in [0.4, 0.5) is 11.4 Å². The highest BCUT2D eigenvalue weighted by molar-refractivity contribution is 7.92. The van der Waals surface area contributed by atoms with Gasteiger partial charge in [0.15, 0.2) is 0 Å². The summed E-state index contributed by atoms with van der Waals surface area (Å²) in [5.41, 5.74) is 5.23. The van der Waals surface area contributed by atoms with E-state index >= 15 is 0 Å². The first kappa shape index (κ1) is 18.5. The van der Waals surface area contributed by atoms with Crippen molar-refractivity contribution in [3.63, 3.8) is 0 Å². The SMILES string of the molecule is CCC(=O)N1CCc2cc(S(=O)(=O)Nc3c(C)cc(C)cc3C)ccc21. The van der Waals surface area contributed by atoms with E-state index in [1.54, 1.807) is 23.1 Å². The van der Waals surface area contributed by atoms with Crippen molar-refractivity contribution in [1.29, 1.82) is 0 Å². The molecule has 6 heteroatoms. The molecule has 1 N–H and O–H groups in total. The largest absolute Gasteiger partial charge is 0.312 e. The van der Waals surface area contributed by atoms with Crippen LogP contribution in [-0.2, 0) is 21.2 Å². The first-order valence-electron chi connectivity index (χ1n) is 8.77. The summed E-state index contributed by atoms with van der Waals surface area (Å²) in [6.45, 7) is 8.22. The molecule has 0 atom stereocenters. The number of fused-ring (bicyclic) bond motifs is 1. The van der Waals surface area contributed by atoms with Crippen LogP contribution in [0.5, 0.6) is 0 Å². The molecule has 2 aromatic carbocycles. The summed E-state index contributed by atoms with van der Waals surface area (Å²) in [4.78, 5) is 14.0. The van der Waals surface area contributed by atoms with Crippen molar-refractivity contribution >= 4 is 27.3 Å². The Kier molecular flexibility index (Phi) is 4.80. The van der Waals surface area contributed by atoms with E-state index < -0.39 is 10.0 Å². The second-order valence-corrected chi connectivity index (χ2v) is 8.50. The van der Waals surface area contributed by atoms with Gasteiger partial charge in [-0.3, -0.25) is 9.52 Å². The Morgan fingerprint density at radius 2 is 1.77 bits per heavy atom. The lowest BCUT2D eigenvalue weighted by molar-refractivity contribution is -0.118. The van der Waals surface area contributed by atoms with Crippen LogP contribution >= 0.6 is 0 Å². The lowest BCUT2D eigenvalue weighted by Crippen LogP contribution is -2.27. The molecule has 0 spiro atoms. The third-order valence-corrected chi connectivity index (χ3v) is 6.12. The van der Waals surface area contributed by atoms with Gasteiger partial charge in [-0.25, -0.2) is 8.42 Å². The predicted octanol–water partition coefficient (Wildman–Crippen LogP) is 3.71. The highest BCUT2D eigenvalue weighted by Gasteiger charge is 2.26. The molecular formula is C20H24N2O3S. The maximum atomic E-state index is 12.9. The molecule has 138 valence electrons. The van der Waals surface area contributed by atoms with Gasteiger partial charge in [-0.15, -0.1) is 0 Å². The summed E-state index contributed by atoms with van der Waals surface area (Å²) in [5.74, 6) is 0.0587. The number of sulfonamides is 1. The fourth-order valence-corrected chi connectivity index (χ4v) is 4.78. The number of hydrogen-bond donors (Lipinski definition) is 1. The Morgan fingerprint density at radius 1 is 1.12 bits per heavy atom. The average Bonchev–Trinajstić information content (AvgIpc) is 3.00. The zero-order valence-electron chi connectivity index (χ0n) is 15.6. The molecule has 26 heavy (non-hydrogen) atoms. The van der Waals surface area contributed by atoms with Gasteiger partial charge in [0, 0.05) is 18.7 Å². The van der Waals surface area contributed by atoms with Crippen LogP contribution in [0, 0.1) is 20.8 Å². The van der Waals surface area contributed by atoms with Gasteiger partial charge in [0.1, 0.15) is 0 Å². The Morgan fingerprint density at radius 3 is 2.38 bits per heavy atom. The highest BCUT2D eigenvalue weighted by Crippen LogP contribution is 2.32. The van der Waals surface area contributed by atoms with Crippen molar-refractivity contribution in [2.24, 2.45) is 0 Å². The molecule has 0 radical (unpaired) electrons. The number of amides is 1. The van der Waals surface area contributed by atoms with Crippen LogP contribution in [0.1, 0.15) is 35.6 Å². The van der Waals surface area contributed by atoms with Gasteiger partial charge in [-0.2, -0.15) is 0 Å². The van der Waals surface area contributed by atoms with Gasteiger partial charge < -0.3 is 4.90 Å². The van der Waals surface area contributed by atoms with Crippen LogP contribution < -0.4 is 9.62 Å². The molecule has 2 aromatic rings. The number of benzene rings is 2. The third-order valence-electron chi connectivity index (χ3n) is 4.77. The number of hydrogen-bond acceptors (Lipinski definition) is 3. The van der Waals surface area contributed by atoms with E-state index in [0.29, 0.717) is 25.1 Å². The summed E-state index contributed by atoms with van der Waals surface area (Å²) in [7, 11) is -3.69. The topological polar surface area (TPSA) is 66.5 Å². The van der Waals surface area contributed by atoms with Crippen molar-refractivity contribution in [2.75, 3.05) is 16.2 Å². The molecule has 0 saturated heterocycles. The Hall–Kier alpha value is -2.34. The Balaban J connectivity index is 1.94. The number of nitrogens with zero attached hydrogens (tertiary/aromatic N) is 1. The van der Waals surface area contributed by atoms with Crippen LogP contribution in [0.3, 0.4) is 0 Å².